The molecule has 1 aliphatic heterocycles. The smallest absolute Gasteiger partial charge is 0.309 e. The summed E-state index contributed by atoms with van der Waals surface area (Å²) in [6.07, 6.45) is 1.45. The molecule has 6 nitrogen and oxygen atoms in total. The lowest BCUT2D eigenvalue weighted by Gasteiger charge is -2.35. The summed E-state index contributed by atoms with van der Waals surface area (Å²) in [5.74, 6) is -0.138. The third-order valence-electron chi connectivity index (χ3n) is 2.14. The monoisotopic (exact) mass is 182 g/mol. The zero-order chi connectivity index (χ0) is 9.26. The van der Waals surface area contributed by atoms with Gasteiger partial charge in [-0.25, -0.2) is 4.98 Å². The van der Waals surface area contributed by atoms with Crippen LogP contribution >= 0.6 is 0 Å². The number of carboxylic acids is 1. The molecule has 0 aliphatic carbocycles. The first-order valence-corrected chi connectivity index (χ1v) is 4.05. The first kappa shape index (κ1) is 8.18. The van der Waals surface area contributed by atoms with Crippen LogP contribution in [0.1, 0.15) is 5.82 Å². The molecule has 0 saturated carbocycles. The van der Waals surface area contributed by atoms with Crippen molar-refractivity contribution in [1.82, 2.24) is 20.1 Å². The lowest BCUT2D eigenvalue weighted by Crippen LogP contribution is -2.49. The fourth-order valence-electron chi connectivity index (χ4n) is 1.37. The predicted molar refractivity (Wildman–Crippen MR) is 42.8 cm³/mol. The minimum absolute atomic E-state index is 0.206. The van der Waals surface area contributed by atoms with Crippen molar-refractivity contribution in [1.29, 1.82) is 0 Å². The first-order chi connectivity index (χ1) is 6.25. The van der Waals surface area contributed by atoms with E-state index < -0.39 is 5.97 Å². The van der Waals surface area contributed by atoms with E-state index in [0.717, 1.165) is 5.82 Å². The van der Waals surface area contributed by atoms with Crippen LogP contribution in [-0.4, -0.2) is 44.2 Å². The Kier molecular flexibility index (Phi) is 1.97. The van der Waals surface area contributed by atoms with E-state index in [9.17, 15) is 4.79 Å². The first-order valence-electron chi connectivity index (χ1n) is 4.05. The Hall–Kier alpha value is -1.43. The number of rotatable bonds is 3. The number of likely N-dealkylation sites (tertiary alicyclic amines) is 1. The Morgan fingerprint density at radius 3 is 3.08 bits per heavy atom. The Labute approximate surface area is 74.6 Å². The zero-order valence-electron chi connectivity index (χ0n) is 6.97. The van der Waals surface area contributed by atoms with Gasteiger partial charge in [0.2, 0.25) is 0 Å². The lowest BCUT2D eigenvalue weighted by molar-refractivity contribution is -0.147. The lowest BCUT2D eigenvalue weighted by atomic mass is 10.0. The number of carbonyl (C=O) groups is 1. The number of carboxylic acid groups (broad SMARTS) is 1. The van der Waals surface area contributed by atoms with Gasteiger partial charge in [-0.15, -0.1) is 0 Å². The number of hydrogen-bond donors (Lipinski definition) is 2. The topological polar surface area (TPSA) is 82.1 Å². The molecule has 0 aromatic carbocycles. The number of hydrogen-bond acceptors (Lipinski definition) is 4. The molecule has 0 bridgehead atoms. The molecule has 70 valence electrons. The van der Waals surface area contributed by atoms with Crippen molar-refractivity contribution in [3.63, 3.8) is 0 Å². The third kappa shape index (κ3) is 1.67. The summed E-state index contributed by atoms with van der Waals surface area (Å²) in [6.45, 7) is 1.87. The molecule has 1 aromatic heterocycles. The highest BCUT2D eigenvalue weighted by Crippen LogP contribution is 2.16. The molecule has 2 heterocycles. The van der Waals surface area contributed by atoms with Gasteiger partial charge in [-0.05, 0) is 0 Å². The van der Waals surface area contributed by atoms with Crippen molar-refractivity contribution in [2.75, 3.05) is 13.1 Å². The van der Waals surface area contributed by atoms with Crippen LogP contribution in [0.25, 0.3) is 0 Å². The fourth-order valence-corrected chi connectivity index (χ4v) is 1.37. The molecule has 2 rings (SSSR count). The van der Waals surface area contributed by atoms with Crippen molar-refractivity contribution in [2.45, 2.75) is 6.54 Å². The summed E-state index contributed by atoms with van der Waals surface area (Å²) in [6, 6.07) is 0. The number of aliphatic carboxylic acids is 1. The molecule has 1 saturated heterocycles. The molecule has 0 radical (unpaired) electrons. The van der Waals surface area contributed by atoms with Gasteiger partial charge in [0.25, 0.3) is 0 Å². The van der Waals surface area contributed by atoms with E-state index in [-0.39, 0.29) is 5.92 Å². The predicted octanol–water partition coefficient (Wildman–Crippen LogP) is -0.679. The number of aromatic amines is 1. The maximum atomic E-state index is 10.5. The summed E-state index contributed by atoms with van der Waals surface area (Å²) in [5.41, 5.74) is 0. The van der Waals surface area contributed by atoms with Gasteiger partial charge >= 0.3 is 5.97 Å². The summed E-state index contributed by atoms with van der Waals surface area (Å²) in [4.78, 5) is 16.4. The molecule has 13 heavy (non-hydrogen) atoms. The zero-order valence-corrected chi connectivity index (χ0v) is 6.97. The second-order valence-corrected chi connectivity index (χ2v) is 3.16. The van der Waals surface area contributed by atoms with Crippen LogP contribution in [-0.2, 0) is 11.3 Å². The number of nitrogens with one attached hydrogen (secondary N) is 1. The Morgan fingerprint density at radius 1 is 1.77 bits per heavy atom. The van der Waals surface area contributed by atoms with E-state index in [1.54, 1.807) is 0 Å². The highest BCUT2D eigenvalue weighted by Gasteiger charge is 2.32. The van der Waals surface area contributed by atoms with E-state index >= 15 is 0 Å². The van der Waals surface area contributed by atoms with Crippen molar-refractivity contribution in [3.8, 4) is 0 Å². The SMILES string of the molecule is O=C(O)C1CN(Cc2ncn[nH]2)C1. The average Bonchev–Trinajstić information content (AvgIpc) is 2.46. The van der Waals surface area contributed by atoms with Crippen LogP contribution in [0, 0.1) is 5.92 Å². The van der Waals surface area contributed by atoms with Crippen LogP contribution in [0.4, 0.5) is 0 Å². The Bertz CT molecular complexity index is 291. The standard InChI is InChI=1S/C7H10N4O2/c12-7(13)5-1-11(2-5)3-6-8-4-9-10-6/h4-5H,1-3H2,(H,12,13)(H,8,9,10). The molecule has 0 unspecified atom stereocenters. The van der Waals surface area contributed by atoms with Gasteiger partial charge < -0.3 is 5.11 Å². The maximum absolute atomic E-state index is 10.5. The normalized spacial score (nSPS) is 18.5. The molecule has 0 atom stereocenters. The van der Waals surface area contributed by atoms with Crippen LogP contribution in [0.15, 0.2) is 6.33 Å². The number of nitrogens with zero attached hydrogens (tertiary/aromatic N) is 3. The van der Waals surface area contributed by atoms with Gasteiger partial charge in [-0.1, -0.05) is 0 Å². The summed E-state index contributed by atoms with van der Waals surface area (Å²) < 4.78 is 0. The van der Waals surface area contributed by atoms with Crippen molar-refractivity contribution < 1.29 is 9.90 Å². The second kappa shape index (κ2) is 3.14. The van der Waals surface area contributed by atoms with Crippen LogP contribution in [0.3, 0.4) is 0 Å². The number of H-pyrrole nitrogens is 1. The van der Waals surface area contributed by atoms with E-state index in [0.29, 0.717) is 19.6 Å². The molecular formula is C7H10N4O2. The van der Waals surface area contributed by atoms with E-state index in [2.05, 4.69) is 15.2 Å². The van der Waals surface area contributed by atoms with Gasteiger partial charge in [-0.2, -0.15) is 5.10 Å². The quantitative estimate of drug-likeness (QED) is 0.647. The highest BCUT2D eigenvalue weighted by atomic mass is 16.4. The van der Waals surface area contributed by atoms with E-state index in [1.165, 1.54) is 6.33 Å². The maximum Gasteiger partial charge on any atom is 0.309 e. The molecular weight excluding hydrogens is 172 g/mol. The fraction of sp³-hybridized carbons (Fsp3) is 0.571. The van der Waals surface area contributed by atoms with Crippen LogP contribution < -0.4 is 0 Å². The molecule has 1 aliphatic rings. The molecule has 0 spiro atoms. The molecule has 6 heteroatoms. The van der Waals surface area contributed by atoms with Crippen LogP contribution in [0.5, 0.6) is 0 Å². The average molecular weight is 182 g/mol. The molecule has 1 fully saturated rings. The third-order valence-corrected chi connectivity index (χ3v) is 2.14. The Balaban J connectivity index is 1.79. The van der Waals surface area contributed by atoms with Gasteiger partial charge in [0.15, 0.2) is 0 Å². The molecule has 1 aromatic rings. The Morgan fingerprint density at radius 2 is 2.54 bits per heavy atom. The van der Waals surface area contributed by atoms with Gasteiger partial charge in [0, 0.05) is 13.1 Å². The molecule has 0 amide bonds. The summed E-state index contributed by atoms with van der Waals surface area (Å²) >= 11 is 0. The highest BCUT2D eigenvalue weighted by molar-refractivity contribution is 5.71. The summed E-state index contributed by atoms with van der Waals surface area (Å²) in [7, 11) is 0. The largest absolute Gasteiger partial charge is 0.481 e. The summed E-state index contributed by atoms with van der Waals surface area (Å²) in [5, 5.41) is 15.1. The molecule has 2 N–H and O–H groups in total. The van der Waals surface area contributed by atoms with E-state index in [1.807, 2.05) is 4.90 Å². The van der Waals surface area contributed by atoms with Gasteiger partial charge in [0.05, 0.1) is 12.5 Å². The number of aromatic nitrogens is 3. The van der Waals surface area contributed by atoms with Gasteiger partial charge in [-0.3, -0.25) is 14.8 Å². The van der Waals surface area contributed by atoms with Crippen molar-refractivity contribution in [2.24, 2.45) is 5.92 Å². The van der Waals surface area contributed by atoms with E-state index in [4.69, 9.17) is 5.11 Å². The minimum atomic E-state index is -0.714. The second-order valence-electron chi connectivity index (χ2n) is 3.16. The van der Waals surface area contributed by atoms with Crippen molar-refractivity contribution in [3.05, 3.63) is 12.2 Å². The van der Waals surface area contributed by atoms with Gasteiger partial charge in [0.1, 0.15) is 12.2 Å². The minimum Gasteiger partial charge on any atom is -0.481 e. The van der Waals surface area contributed by atoms with Crippen molar-refractivity contribution >= 4 is 5.97 Å². The van der Waals surface area contributed by atoms with Crippen LogP contribution in [0.2, 0.25) is 0 Å².